The van der Waals surface area contributed by atoms with Crippen LogP contribution >= 0.6 is 0 Å². The van der Waals surface area contributed by atoms with Gasteiger partial charge in [-0.15, -0.1) is 0 Å². The molecule has 0 saturated heterocycles. The number of para-hydroxylation sites is 6. The molecule has 5 nitrogen and oxygen atoms in total. The quantitative estimate of drug-likeness (QED) is 0.144. The van der Waals surface area contributed by atoms with E-state index in [2.05, 4.69) is 274 Å². The van der Waals surface area contributed by atoms with Crippen molar-refractivity contribution in [1.82, 2.24) is 4.57 Å². The minimum Gasteiger partial charge on any atom is -0.341 e. The predicted molar refractivity (Wildman–Crippen MR) is 280 cm³/mol. The average Bonchev–Trinajstić information content (AvgIpc) is 4.02. The van der Waals surface area contributed by atoms with Crippen LogP contribution in [-0.4, -0.2) is 16.7 Å². The van der Waals surface area contributed by atoms with Crippen molar-refractivity contribution in [3.63, 3.8) is 0 Å². The largest absolute Gasteiger partial charge is 0.341 e. The van der Waals surface area contributed by atoms with Crippen LogP contribution in [0.3, 0.4) is 0 Å². The lowest BCUT2D eigenvalue weighted by Crippen LogP contribution is -2.30. The standard InChI is InChI=1S/C62H49N5/c1-2-63-57-35-31-47(64(43-19-7-3-8-20-43)49-33-37-61-53(39-49)51-27-15-17-29-59(51)66(61)45-23-11-5-12-24-45)41-55(57)56-42-48(32-36-58(56)63)65(44-21-9-4-10-22-44)50-34-38-62-54(40-50)52-28-16-18-30-60(52)67(62)46-25-13-6-14-26-46/h3-42,53-54,61-62H,2H2,1H3. The van der Waals surface area contributed by atoms with Gasteiger partial charge in [0.15, 0.2) is 0 Å². The monoisotopic (exact) mass is 863 g/mol. The highest BCUT2D eigenvalue weighted by Gasteiger charge is 2.40. The Bertz CT molecular complexity index is 3210. The number of nitrogens with zero attached hydrogens (tertiary/aromatic N) is 5. The van der Waals surface area contributed by atoms with E-state index in [0.717, 1.165) is 29.3 Å². The smallest absolute Gasteiger partial charge is 0.0631 e. The molecule has 67 heavy (non-hydrogen) atoms. The van der Waals surface area contributed by atoms with E-state index in [4.69, 9.17) is 0 Å². The maximum atomic E-state index is 2.50. The van der Waals surface area contributed by atoms with Gasteiger partial charge in [-0.25, -0.2) is 0 Å². The molecular weight excluding hydrogens is 815 g/mol. The van der Waals surface area contributed by atoms with Crippen LogP contribution in [0, 0.1) is 0 Å². The Balaban J connectivity index is 0.930. The maximum absolute atomic E-state index is 2.50. The Labute approximate surface area is 392 Å². The van der Waals surface area contributed by atoms with E-state index in [1.165, 1.54) is 67.1 Å². The molecule has 4 aliphatic rings. The lowest BCUT2D eigenvalue weighted by molar-refractivity contribution is 0.736. The molecule has 0 spiro atoms. The zero-order valence-electron chi connectivity index (χ0n) is 37.3. The van der Waals surface area contributed by atoms with Gasteiger partial charge in [0.25, 0.3) is 0 Å². The molecule has 0 fully saturated rings. The van der Waals surface area contributed by atoms with E-state index >= 15 is 0 Å². The molecule has 322 valence electrons. The van der Waals surface area contributed by atoms with Crippen LogP contribution in [0.25, 0.3) is 21.8 Å². The Kier molecular flexibility index (Phi) is 9.34. The van der Waals surface area contributed by atoms with Gasteiger partial charge in [0, 0.05) is 97.1 Å². The Morgan fingerprint density at radius 2 is 0.791 bits per heavy atom. The van der Waals surface area contributed by atoms with Crippen molar-refractivity contribution in [3.05, 3.63) is 265 Å². The number of benzene rings is 8. The van der Waals surface area contributed by atoms with Crippen molar-refractivity contribution < 1.29 is 0 Å². The fourth-order valence-corrected chi connectivity index (χ4v) is 11.5. The first-order valence-electron chi connectivity index (χ1n) is 23.6. The molecule has 0 saturated carbocycles. The molecule has 5 heteroatoms. The molecule has 0 radical (unpaired) electrons. The zero-order valence-corrected chi connectivity index (χ0v) is 37.3. The van der Waals surface area contributed by atoms with E-state index in [-0.39, 0.29) is 23.9 Å². The topological polar surface area (TPSA) is 17.9 Å². The van der Waals surface area contributed by atoms with Crippen molar-refractivity contribution in [3.8, 4) is 0 Å². The predicted octanol–water partition coefficient (Wildman–Crippen LogP) is 15.6. The van der Waals surface area contributed by atoms with Crippen molar-refractivity contribution in [1.29, 1.82) is 0 Å². The lowest BCUT2D eigenvalue weighted by Gasteiger charge is -2.33. The number of rotatable bonds is 9. The first-order valence-corrected chi connectivity index (χ1v) is 23.6. The number of hydrogen-bond donors (Lipinski definition) is 0. The Hall–Kier alpha value is -8.28. The van der Waals surface area contributed by atoms with Gasteiger partial charge in [0.05, 0.1) is 12.1 Å². The summed E-state index contributed by atoms with van der Waals surface area (Å²) in [6.45, 7) is 3.12. The van der Waals surface area contributed by atoms with Gasteiger partial charge in [-0.2, -0.15) is 0 Å². The second-order valence-corrected chi connectivity index (χ2v) is 18.0. The highest BCUT2D eigenvalue weighted by Crippen LogP contribution is 2.51. The summed E-state index contributed by atoms with van der Waals surface area (Å²) in [5.74, 6) is 0.384. The molecule has 0 N–H and O–H groups in total. The highest BCUT2D eigenvalue weighted by molar-refractivity contribution is 6.11. The Morgan fingerprint density at radius 3 is 1.21 bits per heavy atom. The molecular formula is C62H49N5. The summed E-state index contributed by atoms with van der Waals surface area (Å²) in [4.78, 5) is 9.90. The van der Waals surface area contributed by atoms with Crippen LogP contribution in [0.4, 0.5) is 45.5 Å². The van der Waals surface area contributed by atoms with Gasteiger partial charge >= 0.3 is 0 Å². The van der Waals surface area contributed by atoms with Crippen molar-refractivity contribution in [2.45, 2.75) is 37.4 Å². The fraction of sp³-hybridized carbons (Fsp3) is 0.0968. The van der Waals surface area contributed by atoms with Crippen LogP contribution in [-0.2, 0) is 6.54 Å². The number of aryl methyl sites for hydroxylation is 1. The molecule has 4 unspecified atom stereocenters. The molecule has 2 aliphatic carbocycles. The number of hydrogen-bond acceptors (Lipinski definition) is 4. The van der Waals surface area contributed by atoms with Gasteiger partial charge in [-0.1, -0.05) is 133 Å². The van der Waals surface area contributed by atoms with Crippen LogP contribution < -0.4 is 19.6 Å². The number of anilines is 8. The van der Waals surface area contributed by atoms with Gasteiger partial charge in [0.1, 0.15) is 0 Å². The third kappa shape index (κ3) is 6.37. The van der Waals surface area contributed by atoms with Gasteiger partial charge in [0.2, 0.25) is 0 Å². The first kappa shape index (κ1) is 39.1. The Morgan fingerprint density at radius 1 is 0.403 bits per heavy atom. The molecule has 4 atom stereocenters. The molecule has 3 heterocycles. The van der Waals surface area contributed by atoms with Gasteiger partial charge < -0.3 is 24.2 Å². The summed E-state index contributed by atoms with van der Waals surface area (Å²) in [5, 5.41) is 2.47. The van der Waals surface area contributed by atoms with Crippen LogP contribution in [0.2, 0.25) is 0 Å². The number of allylic oxidation sites excluding steroid dienone is 2. The van der Waals surface area contributed by atoms with Crippen LogP contribution in [0.15, 0.2) is 254 Å². The second-order valence-electron chi connectivity index (χ2n) is 18.0. The minimum absolute atomic E-state index is 0.184. The van der Waals surface area contributed by atoms with Crippen molar-refractivity contribution >= 4 is 67.3 Å². The normalized spacial score (nSPS) is 18.9. The molecule has 2 aliphatic heterocycles. The first-order chi connectivity index (χ1) is 33.2. The maximum Gasteiger partial charge on any atom is 0.0631 e. The third-order valence-electron chi connectivity index (χ3n) is 14.4. The zero-order chi connectivity index (χ0) is 44.4. The molecule has 9 aromatic rings. The molecule has 13 rings (SSSR count). The second kappa shape index (κ2) is 16.0. The summed E-state index contributed by atoms with van der Waals surface area (Å²) in [5.41, 5.74) is 17.0. The average molecular weight is 864 g/mol. The van der Waals surface area contributed by atoms with E-state index < -0.39 is 0 Å². The van der Waals surface area contributed by atoms with E-state index in [1.807, 2.05) is 0 Å². The number of fused-ring (bicyclic) bond motifs is 9. The number of aromatic nitrogens is 1. The minimum atomic E-state index is 0.184. The fourth-order valence-electron chi connectivity index (χ4n) is 11.5. The van der Waals surface area contributed by atoms with E-state index in [1.54, 1.807) is 0 Å². The van der Waals surface area contributed by atoms with Gasteiger partial charge in [-0.05, 0) is 127 Å². The molecule has 0 bridgehead atoms. The highest BCUT2D eigenvalue weighted by atomic mass is 15.2. The van der Waals surface area contributed by atoms with Gasteiger partial charge in [-0.3, -0.25) is 0 Å². The SMILES string of the molecule is CCn1c2ccc(N(C3=CC4c5ccccc5N(c5ccccc5)C4C=C3)c3ccccc3)cc2c2cc(N(C3=CC4c5ccccc5N(c5ccccc5)C4C=C3)c3ccccc3)ccc21. The third-order valence-corrected chi connectivity index (χ3v) is 14.4. The van der Waals surface area contributed by atoms with Crippen LogP contribution in [0.1, 0.15) is 29.9 Å². The molecule has 1 aromatic heterocycles. The lowest BCUT2D eigenvalue weighted by atomic mass is 9.89. The van der Waals surface area contributed by atoms with E-state index in [9.17, 15) is 0 Å². The summed E-state index contributed by atoms with van der Waals surface area (Å²) in [7, 11) is 0. The van der Waals surface area contributed by atoms with Crippen LogP contribution in [0.5, 0.6) is 0 Å². The van der Waals surface area contributed by atoms with Crippen molar-refractivity contribution in [2.24, 2.45) is 0 Å². The van der Waals surface area contributed by atoms with E-state index in [0.29, 0.717) is 0 Å². The summed E-state index contributed by atoms with van der Waals surface area (Å²) < 4.78 is 2.47. The summed E-state index contributed by atoms with van der Waals surface area (Å²) in [6.07, 6.45) is 14.5. The van der Waals surface area contributed by atoms with Crippen molar-refractivity contribution in [2.75, 3.05) is 19.6 Å². The molecule has 0 amide bonds. The summed E-state index contributed by atoms with van der Waals surface area (Å²) in [6, 6.07) is 75.7. The summed E-state index contributed by atoms with van der Waals surface area (Å²) >= 11 is 0. The molecule has 8 aromatic carbocycles.